The number of carbonyl (C=O) groups is 2. The summed E-state index contributed by atoms with van der Waals surface area (Å²) in [6.45, 7) is 2.41. The van der Waals surface area contributed by atoms with E-state index in [1.165, 1.54) is 0 Å². The van der Waals surface area contributed by atoms with Gasteiger partial charge in [-0.2, -0.15) is 0 Å². The Morgan fingerprint density at radius 1 is 0.958 bits per heavy atom. The van der Waals surface area contributed by atoms with Crippen molar-refractivity contribution in [3.63, 3.8) is 0 Å². The maximum Gasteiger partial charge on any atom is 0.321 e. The van der Waals surface area contributed by atoms with E-state index in [-0.39, 0.29) is 11.9 Å². The van der Waals surface area contributed by atoms with Crippen molar-refractivity contribution in [1.82, 2.24) is 14.4 Å². The van der Waals surface area contributed by atoms with Crippen LogP contribution in [0.4, 0.5) is 10.5 Å². The van der Waals surface area contributed by atoms with Crippen LogP contribution in [0.3, 0.4) is 0 Å². The molecule has 2 heterocycles. The summed E-state index contributed by atoms with van der Waals surface area (Å²) in [7, 11) is 1.90. The first-order valence-electron chi connectivity index (χ1n) is 8.16. The lowest BCUT2D eigenvalue weighted by molar-refractivity contribution is 0.0762. The van der Waals surface area contributed by atoms with Crippen molar-refractivity contribution in [3.05, 3.63) is 54.4 Å². The minimum absolute atomic E-state index is 0.0286. The molecule has 1 aliphatic rings. The van der Waals surface area contributed by atoms with E-state index in [4.69, 9.17) is 0 Å². The van der Waals surface area contributed by atoms with Crippen molar-refractivity contribution in [3.8, 4) is 0 Å². The zero-order valence-corrected chi connectivity index (χ0v) is 13.8. The van der Waals surface area contributed by atoms with Crippen LogP contribution in [0.2, 0.25) is 0 Å². The van der Waals surface area contributed by atoms with Gasteiger partial charge >= 0.3 is 6.03 Å². The van der Waals surface area contributed by atoms with Crippen LogP contribution in [0.5, 0.6) is 0 Å². The van der Waals surface area contributed by atoms with Gasteiger partial charge in [-0.15, -0.1) is 0 Å². The van der Waals surface area contributed by atoms with Gasteiger partial charge in [-0.25, -0.2) is 4.79 Å². The molecule has 1 N–H and O–H groups in total. The highest BCUT2D eigenvalue weighted by Gasteiger charge is 2.23. The number of anilines is 1. The number of urea groups is 1. The van der Waals surface area contributed by atoms with Gasteiger partial charge in [0.25, 0.3) is 5.91 Å². The van der Waals surface area contributed by atoms with Crippen LogP contribution in [0.15, 0.2) is 48.8 Å². The summed E-state index contributed by atoms with van der Waals surface area (Å²) in [5.74, 6) is 0.0286. The summed E-state index contributed by atoms with van der Waals surface area (Å²) in [6, 6.07) is 11.1. The second-order valence-corrected chi connectivity index (χ2v) is 5.99. The predicted molar refractivity (Wildman–Crippen MR) is 93.0 cm³/mol. The summed E-state index contributed by atoms with van der Waals surface area (Å²) >= 11 is 0. The second-order valence-electron chi connectivity index (χ2n) is 5.99. The zero-order valence-electron chi connectivity index (χ0n) is 13.8. The van der Waals surface area contributed by atoms with E-state index >= 15 is 0 Å². The number of aromatic nitrogens is 1. The number of benzene rings is 1. The quantitative estimate of drug-likeness (QED) is 0.921. The lowest BCUT2D eigenvalue weighted by atomic mass is 10.3. The van der Waals surface area contributed by atoms with E-state index in [9.17, 15) is 9.59 Å². The highest BCUT2D eigenvalue weighted by molar-refractivity contribution is 5.94. The molecule has 0 radical (unpaired) electrons. The van der Waals surface area contributed by atoms with Gasteiger partial charge in [-0.3, -0.25) is 4.79 Å². The van der Waals surface area contributed by atoms with E-state index in [0.717, 1.165) is 12.1 Å². The molecule has 0 spiro atoms. The molecule has 3 rings (SSSR count). The fraction of sp³-hybridized carbons (Fsp3) is 0.333. The van der Waals surface area contributed by atoms with E-state index in [2.05, 4.69) is 5.32 Å². The number of carbonyl (C=O) groups excluding carboxylic acids is 2. The molecule has 126 valence electrons. The molecular weight excluding hydrogens is 304 g/mol. The summed E-state index contributed by atoms with van der Waals surface area (Å²) < 4.78 is 1.87. The van der Waals surface area contributed by atoms with Gasteiger partial charge in [0.1, 0.15) is 0 Å². The fourth-order valence-electron chi connectivity index (χ4n) is 2.86. The molecule has 0 aliphatic carbocycles. The Morgan fingerprint density at radius 2 is 1.67 bits per heavy atom. The number of aryl methyl sites for hydroxylation is 1. The van der Waals surface area contributed by atoms with Crippen LogP contribution in [0.1, 0.15) is 16.8 Å². The van der Waals surface area contributed by atoms with Crippen LogP contribution < -0.4 is 5.32 Å². The number of rotatable bonds is 2. The van der Waals surface area contributed by atoms with Crippen molar-refractivity contribution >= 4 is 17.6 Å². The molecule has 1 aromatic carbocycles. The molecular formula is C18H22N4O2. The Balaban J connectivity index is 1.58. The zero-order chi connectivity index (χ0) is 16.9. The number of para-hydroxylation sites is 1. The highest BCUT2D eigenvalue weighted by Crippen LogP contribution is 2.12. The van der Waals surface area contributed by atoms with Gasteiger partial charge in [0.2, 0.25) is 0 Å². The third-order valence-electron chi connectivity index (χ3n) is 4.17. The summed E-state index contributed by atoms with van der Waals surface area (Å²) in [5, 5.41) is 2.90. The van der Waals surface area contributed by atoms with Crippen LogP contribution >= 0.6 is 0 Å². The van der Waals surface area contributed by atoms with Crippen LogP contribution in [-0.2, 0) is 7.05 Å². The van der Waals surface area contributed by atoms with Gasteiger partial charge in [0.05, 0.1) is 5.56 Å². The Hall–Kier alpha value is -2.76. The molecule has 0 bridgehead atoms. The van der Waals surface area contributed by atoms with Gasteiger partial charge in [-0.05, 0) is 24.6 Å². The van der Waals surface area contributed by atoms with Gasteiger partial charge in [0, 0.05) is 51.3 Å². The van der Waals surface area contributed by atoms with E-state index < -0.39 is 0 Å². The van der Waals surface area contributed by atoms with E-state index in [1.54, 1.807) is 4.90 Å². The second kappa shape index (κ2) is 7.21. The molecule has 0 saturated carbocycles. The first-order valence-corrected chi connectivity index (χ1v) is 8.16. The minimum atomic E-state index is -0.116. The third-order valence-corrected chi connectivity index (χ3v) is 4.17. The Bertz CT molecular complexity index is 711. The van der Waals surface area contributed by atoms with E-state index in [0.29, 0.717) is 31.7 Å². The van der Waals surface area contributed by atoms with Crippen molar-refractivity contribution in [2.24, 2.45) is 7.05 Å². The van der Waals surface area contributed by atoms with Gasteiger partial charge in [0.15, 0.2) is 0 Å². The molecule has 1 aliphatic heterocycles. The highest BCUT2D eigenvalue weighted by atomic mass is 16.2. The predicted octanol–water partition coefficient (Wildman–Crippen LogP) is 2.41. The third kappa shape index (κ3) is 3.76. The standard InChI is InChI=1S/C18H22N4O2/c1-20-11-8-15(14-20)17(23)21-9-5-10-22(13-12-21)18(24)19-16-6-3-2-4-7-16/h2-4,6-8,11,14H,5,9-10,12-13H2,1H3,(H,19,24). The molecule has 0 atom stereocenters. The topological polar surface area (TPSA) is 57.6 Å². The maximum absolute atomic E-state index is 12.5. The number of nitrogens with zero attached hydrogens (tertiary/aromatic N) is 3. The van der Waals surface area contributed by atoms with E-state index in [1.807, 2.05) is 65.3 Å². The van der Waals surface area contributed by atoms with Crippen molar-refractivity contribution in [1.29, 1.82) is 0 Å². The molecule has 6 heteroatoms. The van der Waals surface area contributed by atoms with Crippen molar-refractivity contribution in [2.45, 2.75) is 6.42 Å². The summed E-state index contributed by atoms with van der Waals surface area (Å²) in [6.07, 6.45) is 4.47. The van der Waals surface area contributed by atoms with Crippen molar-refractivity contribution in [2.75, 3.05) is 31.5 Å². The minimum Gasteiger partial charge on any atom is -0.356 e. The van der Waals surface area contributed by atoms with Gasteiger partial charge in [-0.1, -0.05) is 18.2 Å². The van der Waals surface area contributed by atoms with Crippen molar-refractivity contribution < 1.29 is 9.59 Å². The smallest absolute Gasteiger partial charge is 0.321 e. The van der Waals surface area contributed by atoms with Crippen LogP contribution in [0, 0.1) is 0 Å². The molecule has 1 aromatic heterocycles. The lowest BCUT2D eigenvalue weighted by Crippen LogP contribution is -2.39. The average molecular weight is 326 g/mol. The first-order chi connectivity index (χ1) is 11.6. The first kappa shape index (κ1) is 16.1. The fourth-order valence-corrected chi connectivity index (χ4v) is 2.86. The molecule has 1 fully saturated rings. The summed E-state index contributed by atoms with van der Waals surface area (Å²) in [4.78, 5) is 28.5. The molecule has 0 unspecified atom stereocenters. The Kier molecular flexibility index (Phi) is 4.84. The van der Waals surface area contributed by atoms with Crippen LogP contribution in [-0.4, -0.2) is 52.5 Å². The molecule has 24 heavy (non-hydrogen) atoms. The molecule has 6 nitrogen and oxygen atoms in total. The molecule has 3 amide bonds. The number of nitrogens with one attached hydrogen (secondary N) is 1. The number of amides is 3. The maximum atomic E-state index is 12.5. The van der Waals surface area contributed by atoms with Gasteiger partial charge < -0.3 is 19.7 Å². The SMILES string of the molecule is Cn1ccc(C(=O)N2CCCN(C(=O)Nc3ccccc3)CC2)c1. The number of hydrogen-bond acceptors (Lipinski definition) is 2. The monoisotopic (exact) mass is 326 g/mol. The Morgan fingerprint density at radius 3 is 2.38 bits per heavy atom. The summed E-state index contributed by atoms with van der Waals surface area (Å²) in [5.41, 5.74) is 1.48. The number of hydrogen-bond donors (Lipinski definition) is 1. The largest absolute Gasteiger partial charge is 0.356 e. The van der Waals surface area contributed by atoms with Crippen LogP contribution in [0.25, 0.3) is 0 Å². The molecule has 2 aromatic rings. The molecule has 1 saturated heterocycles. The lowest BCUT2D eigenvalue weighted by Gasteiger charge is -2.22. The average Bonchev–Trinajstić information content (AvgIpc) is 2.87. The Labute approximate surface area is 141 Å². The normalized spacial score (nSPS) is 15.0.